The van der Waals surface area contributed by atoms with E-state index in [4.69, 9.17) is 14.6 Å². The van der Waals surface area contributed by atoms with Gasteiger partial charge in [0.15, 0.2) is 5.69 Å². The summed E-state index contributed by atoms with van der Waals surface area (Å²) < 4.78 is 30.2. The van der Waals surface area contributed by atoms with Crippen LogP contribution >= 0.6 is 0 Å². The van der Waals surface area contributed by atoms with E-state index >= 15 is 0 Å². The molecule has 34 heavy (non-hydrogen) atoms. The minimum Gasteiger partial charge on any atom is -0.332 e. The monoisotopic (exact) mass is 485 g/mol. The number of benzene rings is 1. The highest BCUT2D eigenvalue weighted by molar-refractivity contribution is 7.90. The van der Waals surface area contributed by atoms with Gasteiger partial charge in [-0.3, -0.25) is 4.68 Å². The molecule has 0 saturated heterocycles. The van der Waals surface area contributed by atoms with E-state index in [0.717, 1.165) is 54.6 Å². The SMILES string of the molecule is Cc1cc(-c2noc(-c3nn(C)c4c3CCC(C)(C)C4)n2)cc(C)c1CCNCCS(C)(=O)=O. The second kappa shape index (κ2) is 9.26. The van der Waals surface area contributed by atoms with Crippen LogP contribution in [0.1, 0.15) is 48.2 Å². The summed E-state index contributed by atoms with van der Waals surface area (Å²) in [5, 5.41) is 12.2. The first-order valence-electron chi connectivity index (χ1n) is 11.8. The zero-order valence-corrected chi connectivity index (χ0v) is 21.8. The number of nitrogens with one attached hydrogen (secondary N) is 1. The van der Waals surface area contributed by atoms with Crippen molar-refractivity contribution in [3.63, 3.8) is 0 Å². The summed E-state index contributed by atoms with van der Waals surface area (Å²) in [5.74, 6) is 1.19. The lowest BCUT2D eigenvalue weighted by Crippen LogP contribution is -2.24. The van der Waals surface area contributed by atoms with Crippen molar-refractivity contribution in [1.82, 2.24) is 25.2 Å². The summed E-state index contributed by atoms with van der Waals surface area (Å²) in [6.07, 6.45) is 5.16. The van der Waals surface area contributed by atoms with Crippen molar-refractivity contribution in [1.29, 1.82) is 0 Å². The van der Waals surface area contributed by atoms with Gasteiger partial charge in [-0.25, -0.2) is 8.42 Å². The second-order valence-corrected chi connectivity index (χ2v) is 12.6. The Hall–Kier alpha value is -2.52. The van der Waals surface area contributed by atoms with Gasteiger partial charge in [0.05, 0.1) is 5.75 Å². The standard InChI is InChI=1S/C25H35N5O3S/c1-16-13-18(14-17(2)19(16)8-10-26-11-12-34(6,31)32)23-27-24(33-29-23)22-20-7-9-25(3,4)15-21(20)30(5)28-22/h13-14,26H,7-12,15H2,1-6H3. The van der Waals surface area contributed by atoms with Crippen LogP contribution in [0.5, 0.6) is 0 Å². The number of aryl methyl sites for hydroxylation is 3. The summed E-state index contributed by atoms with van der Waals surface area (Å²) in [7, 11) is -0.952. The molecule has 0 saturated carbocycles. The van der Waals surface area contributed by atoms with Crippen LogP contribution in [0.3, 0.4) is 0 Å². The van der Waals surface area contributed by atoms with Crippen molar-refractivity contribution < 1.29 is 12.9 Å². The molecule has 0 atom stereocenters. The van der Waals surface area contributed by atoms with E-state index in [0.29, 0.717) is 18.3 Å². The first kappa shape index (κ1) is 24.6. The fraction of sp³-hybridized carbons (Fsp3) is 0.560. The number of hydrogen-bond acceptors (Lipinski definition) is 7. The van der Waals surface area contributed by atoms with E-state index in [1.54, 1.807) is 0 Å². The van der Waals surface area contributed by atoms with Crippen molar-refractivity contribution in [2.24, 2.45) is 12.5 Å². The summed E-state index contributed by atoms with van der Waals surface area (Å²) in [5.41, 5.74) is 8.04. The van der Waals surface area contributed by atoms with Crippen molar-refractivity contribution in [3.05, 3.63) is 40.1 Å². The molecule has 0 fully saturated rings. The summed E-state index contributed by atoms with van der Waals surface area (Å²) >= 11 is 0. The highest BCUT2D eigenvalue weighted by atomic mass is 32.2. The van der Waals surface area contributed by atoms with Gasteiger partial charge < -0.3 is 9.84 Å². The summed E-state index contributed by atoms with van der Waals surface area (Å²) in [6.45, 7) is 9.96. The fourth-order valence-corrected chi connectivity index (χ4v) is 5.33. The lowest BCUT2D eigenvalue weighted by atomic mass is 9.76. The second-order valence-electron chi connectivity index (χ2n) is 10.4. The van der Waals surface area contributed by atoms with Gasteiger partial charge in [-0.2, -0.15) is 10.1 Å². The molecule has 3 aromatic rings. The molecule has 184 valence electrons. The highest BCUT2D eigenvalue weighted by Crippen LogP contribution is 2.38. The third kappa shape index (κ3) is 5.41. The van der Waals surface area contributed by atoms with E-state index in [1.165, 1.54) is 23.1 Å². The Morgan fingerprint density at radius 2 is 1.88 bits per heavy atom. The topological polar surface area (TPSA) is 103 Å². The molecule has 0 aliphatic heterocycles. The zero-order chi connectivity index (χ0) is 24.7. The molecule has 1 aliphatic rings. The van der Waals surface area contributed by atoms with Crippen LogP contribution in [-0.4, -0.2) is 53.4 Å². The zero-order valence-electron chi connectivity index (χ0n) is 21.0. The number of fused-ring (bicyclic) bond motifs is 1. The molecule has 0 amide bonds. The van der Waals surface area contributed by atoms with Crippen molar-refractivity contribution in [2.75, 3.05) is 25.1 Å². The van der Waals surface area contributed by atoms with Crippen molar-refractivity contribution >= 4 is 9.84 Å². The molecule has 2 aromatic heterocycles. The Morgan fingerprint density at radius 1 is 1.18 bits per heavy atom. The summed E-state index contributed by atoms with van der Waals surface area (Å²) in [4.78, 5) is 4.71. The van der Waals surface area contributed by atoms with Crippen LogP contribution in [0.4, 0.5) is 0 Å². The number of nitrogens with zero attached hydrogens (tertiary/aromatic N) is 4. The van der Waals surface area contributed by atoms with Gasteiger partial charge in [-0.05, 0) is 80.3 Å². The maximum atomic E-state index is 11.3. The van der Waals surface area contributed by atoms with E-state index < -0.39 is 9.84 Å². The maximum Gasteiger partial charge on any atom is 0.279 e. The Labute approximate surface area is 202 Å². The smallest absolute Gasteiger partial charge is 0.279 e. The van der Waals surface area contributed by atoms with Crippen LogP contribution in [-0.2, 0) is 36.1 Å². The lowest BCUT2D eigenvalue weighted by Gasteiger charge is -2.29. The molecule has 0 spiro atoms. The molecule has 1 N–H and O–H groups in total. The Morgan fingerprint density at radius 3 is 2.56 bits per heavy atom. The minimum atomic E-state index is -2.94. The van der Waals surface area contributed by atoms with E-state index in [9.17, 15) is 8.42 Å². The summed E-state index contributed by atoms with van der Waals surface area (Å²) in [6, 6.07) is 4.17. The first-order chi connectivity index (χ1) is 15.9. The number of sulfone groups is 1. The Balaban J connectivity index is 1.50. The van der Waals surface area contributed by atoms with Gasteiger partial charge in [0, 0.05) is 36.7 Å². The molecule has 1 aliphatic carbocycles. The van der Waals surface area contributed by atoms with Gasteiger partial charge in [-0.15, -0.1) is 0 Å². The predicted octanol–water partition coefficient (Wildman–Crippen LogP) is 3.45. The molecule has 0 bridgehead atoms. The number of rotatable bonds is 8. The molecule has 4 rings (SSSR count). The molecule has 2 heterocycles. The Kier molecular flexibility index (Phi) is 6.70. The number of hydrogen-bond donors (Lipinski definition) is 1. The predicted molar refractivity (Wildman–Crippen MR) is 134 cm³/mol. The highest BCUT2D eigenvalue weighted by Gasteiger charge is 2.32. The maximum absolute atomic E-state index is 11.3. The quantitative estimate of drug-likeness (QED) is 0.488. The molecule has 1 aromatic carbocycles. The van der Waals surface area contributed by atoms with Gasteiger partial charge in [0.25, 0.3) is 5.89 Å². The van der Waals surface area contributed by atoms with Crippen LogP contribution < -0.4 is 5.32 Å². The van der Waals surface area contributed by atoms with Crippen LogP contribution in [0.25, 0.3) is 23.0 Å². The van der Waals surface area contributed by atoms with Gasteiger partial charge in [0.2, 0.25) is 5.82 Å². The van der Waals surface area contributed by atoms with E-state index in [2.05, 4.69) is 50.3 Å². The van der Waals surface area contributed by atoms with E-state index in [1.807, 2.05) is 11.7 Å². The fourth-order valence-electron chi connectivity index (χ4n) is 4.81. The van der Waals surface area contributed by atoms with Crippen molar-refractivity contribution in [3.8, 4) is 23.0 Å². The molecule has 0 unspecified atom stereocenters. The minimum absolute atomic E-state index is 0.154. The van der Waals surface area contributed by atoms with Crippen LogP contribution in [0.15, 0.2) is 16.7 Å². The van der Waals surface area contributed by atoms with Crippen LogP contribution in [0.2, 0.25) is 0 Å². The molecule has 9 heteroatoms. The lowest BCUT2D eigenvalue weighted by molar-refractivity contribution is 0.306. The van der Waals surface area contributed by atoms with Gasteiger partial charge >= 0.3 is 0 Å². The van der Waals surface area contributed by atoms with Crippen LogP contribution in [0, 0.1) is 19.3 Å². The Bertz CT molecular complexity index is 1280. The normalized spacial score (nSPS) is 15.5. The average Bonchev–Trinajstić information content (AvgIpc) is 3.33. The third-order valence-electron chi connectivity index (χ3n) is 6.76. The molecular weight excluding hydrogens is 450 g/mol. The first-order valence-corrected chi connectivity index (χ1v) is 13.9. The van der Waals surface area contributed by atoms with Crippen molar-refractivity contribution in [2.45, 2.75) is 53.4 Å². The molecule has 0 radical (unpaired) electrons. The van der Waals surface area contributed by atoms with Gasteiger partial charge in [0.1, 0.15) is 9.84 Å². The largest absolute Gasteiger partial charge is 0.332 e. The average molecular weight is 486 g/mol. The third-order valence-corrected chi connectivity index (χ3v) is 7.70. The molecular formula is C25H35N5O3S. The number of aromatic nitrogens is 4. The van der Waals surface area contributed by atoms with Gasteiger partial charge in [-0.1, -0.05) is 19.0 Å². The molecule has 8 nitrogen and oxygen atoms in total. The van der Waals surface area contributed by atoms with E-state index in [-0.39, 0.29) is 11.2 Å².